The molecular formula is C16H11I3OS. The van der Waals surface area contributed by atoms with Crippen molar-refractivity contribution in [1.29, 1.82) is 0 Å². The molecule has 1 nitrogen and oxygen atoms in total. The topological polar surface area (TPSA) is 17.1 Å². The second kappa shape index (κ2) is 8.30. The first kappa shape index (κ1) is 17.7. The Kier molecular flexibility index (Phi) is 7.01. The van der Waals surface area contributed by atoms with Gasteiger partial charge in [-0.1, -0.05) is 0 Å². The number of hydrogen-bond donors (Lipinski definition) is 0. The van der Waals surface area contributed by atoms with Crippen molar-refractivity contribution < 1.29 is 4.79 Å². The summed E-state index contributed by atoms with van der Waals surface area (Å²) in [5, 5.41) is 0. The summed E-state index contributed by atoms with van der Waals surface area (Å²) in [7, 11) is 0. The van der Waals surface area contributed by atoms with E-state index in [1.165, 1.54) is 3.57 Å². The van der Waals surface area contributed by atoms with Crippen molar-refractivity contribution in [2.24, 2.45) is 0 Å². The lowest BCUT2D eigenvalue weighted by Gasteiger charge is -2.04. The zero-order valence-corrected chi connectivity index (χ0v) is 18.4. The predicted octanol–water partition coefficient (Wildman–Crippen LogP) is 6.12. The van der Waals surface area contributed by atoms with E-state index in [1.807, 2.05) is 36.6 Å². The molecular weight excluding hydrogens is 621 g/mol. The summed E-state index contributed by atoms with van der Waals surface area (Å²) in [6.07, 6.45) is 5.59. The molecule has 0 radical (unpaired) electrons. The molecule has 2 aromatic carbocycles. The maximum Gasteiger partial charge on any atom is 0.185 e. The van der Waals surface area contributed by atoms with Crippen molar-refractivity contribution in [3.05, 3.63) is 64.3 Å². The first-order valence-corrected chi connectivity index (χ1v) is 10.5. The minimum atomic E-state index is 0.0350. The van der Waals surface area contributed by atoms with E-state index < -0.39 is 0 Å². The molecule has 2 rings (SSSR count). The second-order valence-corrected chi connectivity index (χ2v) is 8.66. The largest absolute Gasteiger partial charge is 0.289 e. The molecule has 0 saturated heterocycles. The minimum Gasteiger partial charge on any atom is -0.289 e. The Balaban J connectivity index is 2.22. The summed E-state index contributed by atoms with van der Waals surface area (Å²) in [6, 6.07) is 11.9. The molecule has 0 aliphatic carbocycles. The van der Waals surface area contributed by atoms with Crippen LogP contribution in [0.15, 0.2) is 47.4 Å². The Bertz CT molecular complexity index is 670. The average Bonchev–Trinajstić information content (AvgIpc) is 2.46. The monoisotopic (exact) mass is 632 g/mol. The van der Waals surface area contributed by atoms with E-state index in [0.717, 1.165) is 23.2 Å². The maximum atomic E-state index is 12.2. The quantitative estimate of drug-likeness (QED) is 0.175. The summed E-state index contributed by atoms with van der Waals surface area (Å²) in [5.41, 5.74) is 1.82. The van der Waals surface area contributed by atoms with Gasteiger partial charge in [-0.2, -0.15) is 0 Å². The highest BCUT2D eigenvalue weighted by molar-refractivity contribution is 14.1. The van der Waals surface area contributed by atoms with Crippen LogP contribution in [0, 0.1) is 10.7 Å². The van der Waals surface area contributed by atoms with E-state index in [9.17, 15) is 4.79 Å². The molecule has 0 N–H and O–H groups in total. The van der Waals surface area contributed by atoms with Gasteiger partial charge in [-0.05, 0) is 123 Å². The molecule has 0 fully saturated rings. The number of carbonyl (C=O) groups excluding carboxylic acids is 1. The highest BCUT2D eigenvalue weighted by Crippen LogP contribution is 2.24. The van der Waals surface area contributed by atoms with E-state index in [-0.39, 0.29) is 5.78 Å². The lowest BCUT2D eigenvalue weighted by atomic mass is 10.1. The first-order chi connectivity index (χ1) is 10.0. The Hall–Kier alpha value is 0.390. The molecule has 0 heterocycles. The minimum absolute atomic E-state index is 0.0350. The van der Waals surface area contributed by atoms with Crippen molar-refractivity contribution in [3.8, 4) is 0 Å². The number of rotatable bonds is 4. The highest BCUT2D eigenvalue weighted by Gasteiger charge is 2.06. The van der Waals surface area contributed by atoms with Gasteiger partial charge in [-0.25, -0.2) is 0 Å². The van der Waals surface area contributed by atoms with Crippen LogP contribution in [-0.4, -0.2) is 12.0 Å². The second-order valence-electron chi connectivity index (χ2n) is 4.21. The van der Waals surface area contributed by atoms with Crippen molar-refractivity contribution >= 4 is 91.4 Å². The number of ketones is 1. The van der Waals surface area contributed by atoms with Gasteiger partial charge in [0.2, 0.25) is 0 Å². The van der Waals surface area contributed by atoms with Gasteiger partial charge in [0.25, 0.3) is 0 Å². The van der Waals surface area contributed by atoms with E-state index in [4.69, 9.17) is 0 Å². The Labute approximate surface area is 169 Å². The van der Waals surface area contributed by atoms with Gasteiger partial charge in [-0.15, -0.1) is 11.8 Å². The van der Waals surface area contributed by atoms with Crippen LogP contribution in [0.1, 0.15) is 15.9 Å². The van der Waals surface area contributed by atoms with Crippen LogP contribution in [-0.2, 0) is 0 Å². The number of carbonyl (C=O) groups is 1. The van der Waals surface area contributed by atoms with Gasteiger partial charge >= 0.3 is 0 Å². The van der Waals surface area contributed by atoms with Gasteiger partial charge in [0.15, 0.2) is 5.78 Å². The lowest BCUT2D eigenvalue weighted by molar-refractivity contribution is 0.104. The van der Waals surface area contributed by atoms with Gasteiger partial charge < -0.3 is 0 Å². The van der Waals surface area contributed by atoms with Crippen molar-refractivity contribution in [1.82, 2.24) is 0 Å². The molecule has 0 bridgehead atoms. The van der Waals surface area contributed by atoms with Gasteiger partial charge in [-0.3, -0.25) is 4.79 Å². The third-order valence-electron chi connectivity index (χ3n) is 2.82. The maximum absolute atomic E-state index is 12.2. The molecule has 0 amide bonds. The summed E-state index contributed by atoms with van der Waals surface area (Å²) >= 11 is 8.59. The average molecular weight is 632 g/mol. The molecule has 0 unspecified atom stereocenters. The lowest BCUT2D eigenvalue weighted by Crippen LogP contribution is -1.95. The van der Waals surface area contributed by atoms with Crippen LogP contribution in [0.2, 0.25) is 0 Å². The normalized spacial score (nSPS) is 11.0. The van der Waals surface area contributed by atoms with E-state index in [0.29, 0.717) is 0 Å². The summed E-state index contributed by atoms with van der Waals surface area (Å²) in [6.45, 7) is 0. The summed E-state index contributed by atoms with van der Waals surface area (Å²) < 4.78 is 3.52. The number of thioether (sulfide) groups is 1. The SMILES string of the molecule is CSc1ccc(C(=O)C=Cc2c(I)cc(I)cc2I)cc1. The van der Waals surface area contributed by atoms with Gasteiger partial charge in [0.05, 0.1) is 0 Å². The van der Waals surface area contributed by atoms with Crippen molar-refractivity contribution in [2.45, 2.75) is 4.90 Å². The molecule has 2 aromatic rings. The van der Waals surface area contributed by atoms with E-state index >= 15 is 0 Å². The molecule has 0 aliphatic rings. The molecule has 0 saturated carbocycles. The Morgan fingerprint density at radius 3 is 2.14 bits per heavy atom. The fourth-order valence-corrected chi connectivity index (χ4v) is 6.07. The van der Waals surface area contributed by atoms with E-state index in [1.54, 1.807) is 17.8 Å². The highest BCUT2D eigenvalue weighted by atomic mass is 127. The van der Waals surface area contributed by atoms with Crippen LogP contribution in [0.5, 0.6) is 0 Å². The summed E-state index contributed by atoms with van der Waals surface area (Å²) in [5.74, 6) is 0.0350. The smallest absolute Gasteiger partial charge is 0.185 e. The van der Waals surface area contributed by atoms with E-state index in [2.05, 4.69) is 79.9 Å². The Morgan fingerprint density at radius 1 is 1.05 bits per heavy atom. The zero-order valence-electron chi connectivity index (χ0n) is 11.1. The summed E-state index contributed by atoms with van der Waals surface area (Å²) in [4.78, 5) is 13.4. The van der Waals surface area contributed by atoms with Crippen LogP contribution < -0.4 is 0 Å². The number of allylic oxidation sites excluding steroid dienone is 1. The standard InChI is InChI=1S/C16H11I3OS/c1-21-12-4-2-10(3-5-12)16(20)7-6-13-14(18)8-11(17)9-15(13)19/h2-9H,1H3. The fourth-order valence-electron chi connectivity index (χ4n) is 1.72. The molecule has 5 heteroatoms. The van der Waals surface area contributed by atoms with Crippen LogP contribution in [0.3, 0.4) is 0 Å². The number of hydrogen-bond acceptors (Lipinski definition) is 2. The third-order valence-corrected chi connectivity index (χ3v) is 5.97. The molecule has 0 spiro atoms. The molecule has 0 aromatic heterocycles. The molecule has 0 atom stereocenters. The third kappa shape index (κ3) is 4.93. The van der Waals surface area contributed by atoms with Gasteiger partial charge in [0.1, 0.15) is 0 Å². The van der Waals surface area contributed by atoms with Crippen molar-refractivity contribution in [3.63, 3.8) is 0 Å². The number of benzene rings is 2. The molecule has 0 aliphatic heterocycles. The number of halogens is 3. The Morgan fingerprint density at radius 2 is 1.62 bits per heavy atom. The predicted molar refractivity (Wildman–Crippen MR) is 116 cm³/mol. The van der Waals surface area contributed by atoms with Crippen LogP contribution in [0.25, 0.3) is 6.08 Å². The molecule has 21 heavy (non-hydrogen) atoms. The van der Waals surface area contributed by atoms with Crippen LogP contribution in [0.4, 0.5) is 0 Å². The van der Waals surface area contributed by atoms with Crippen molar-refractivity contribution in [2.75, 3.05) is 6.26 Å². The zero-order chi connectivity index (χ0) is 15.4. The van der Waals surface area contributed by atoms with Gasteiger partial charge in [0, 0.05) is 26.7 Å². The first-order valence-electron chi connectivity index (χ1n) is 6.02. The molecule has 108 valence electrons. The fraction of sp³-hybridized carbons (Fsp3) is 0.0625. The van der Waals surface area contributed by atoms with Crippen LogP contribution >= 0.6 is 79.5 Å².